The third-order valence-electron chi connectivity index (χ3n) is 5.65. The third-order valence-corrected chi connectivity index (χ3v) is 6.66. The van der Waals surface area contributed by atoms with Gasteiger partial charge in [-0.25, -0.2) is 0 Å². The quantitative estimate of drug-likeness (QED) is 0.491. The molecule has 0 amide bonds. The maximum absolute atomic E-state index is 9.67. The van der Waals surface area contributed by atoms with Crippen molar-refractivity contribution in [2.24, 2.45) is 0 Å². The van der Waals surface area contributed by atoms with Crippen molar-refractivity contribution < 1.29 is 14.6 Å². The number of anilines is 1. The van der Waals surface area contributed by atoms with E-state index in [2.05, 4.69) is 6.07 Å². The predicted molar refractivity (Wildman–Crippen MR) is 142 cm³/mol. The lowest BCUT2D eigenvalue weighted by molar-refractivity contribution is 0.0954. The maximum atomic E-state index is 9.67. The van der Waals surface area contributed by atoms with Crippen molar-refractivity contribution in [2.75, 3.05) is 32.2 Å². The number of benzene rings is 1. The first-order valence-corrected chi connectivity index (χ1v) is 11.9. The number of thiophene rings is 1. The molecule has 0 aliphatic carbocycles. The Morgan fingerprint density at radius 3 is 2.33 bits per heavy atom. The first-order chi connectivity index (χ1) is 17.3. The average Bonchev–Trinajstić information content (AvgIpc) is 3.42. The molecule has 1 N–H and O–H groups in total. The van der Waals surface area contributed by atoms with Crippen LogP contribution in [-0.4, -0.2) is 38.0 Å². The Kier molecular flexibility index (Phi) is 8.35. The molecule has 182 valence electrons. The summed E-state index contributed by atoms with van der Waals surface area (Å²) >= 11 is 1.58. The van der Waals surface area contributed by atoms with E-state index < -0.39 is 5.60 Å². The van der Waals surface area contributed by atoms with E-state index in [4.69, 9.17) is 14.6 Å². The highest BCUT2D eigenvalue weighted by atomic mass is 32.1. The molecule has 1 aliphatic heterocycles. The van der Waals surface area contributed by atoms with E-state index in [1.807, 2.05) is 66.6 Å². The molecule has 1 aliphatic rings. The van der Waals surface area contributed by atoms with Gasteiger partial charge in [0.05, 0.1) is 13.7 Å². The Labute approximate surface area is 215 Å². The average molecular weight is 499 g/mol. The van der Waals surface area contributed by atoms with Gasteiger partial charge in [-0.05, 0) is 56.3 Å². The third kappa shape index (κ3) is 5.67. The molecule has 0 atom stereocenters. The lowest BCUT2D eigenvalue weighted by Gasteiger charge is -2.20. The van der Waals surface area contributed by atoms with Crippen molar-refractivity contribution in [1.29, 1.82) is 15.8 Å². The van der Waals surface area contributed by atoms with Gasteiger partial charge >= 0.3 is 0 Å². The largest absolute Gasteiger partial charge is 0.496 e. The number of allylic oxidation sites excluding steroid dienone is 2. The van der Waals surface area contributed by atoms with Gasteiger partial charge in [-0.15, -0.1) is 11.3 Å². The SMILES string of the molecule is COc1cc(N(C)CCO)ccc1/C=C/c1ccc(/C=C/C2=C(C#N)C(=C(C#N)C#N)OC2(C)C)s1. The highest BCUT2D eigenvalue weighted by molar-refractivity contribution is 7.13. The van der Waals surface area contributed by atoms with Gasteiger partial charge in [-0.1, -0.05) is 6.08 Å². The number of hydrogen-bond donors (Lipinski definition) is 1. The number of ether oxygens (including phenoxy) is 2. The van der Waals surface area contributed by atoms with Crippen molar-refractivity contribution >= 4 is 35.3 Å². The molecule has 36 heavy (non-hydrogen) atoms. The van der Waals surface area contributed by atoms with Crippen molar-refractivity contribution in [3.05, 3.63) is 74.2 Å². The maximum Gasteiger partial charge on any atom is 0.172 e. The zero-order valence-corrected chi connectivity index (χ0v) is 21.4. The number of methoxy groups -OCH3 is 1. The number of hydrogen-bond acceptors (Lipinski definition) is 8. The lowest BCUT2D eigenvalue weighted by Crippen LogP contribution is -2.21. The van der Waals surface area contributed by atoms with Crippen LogP contribution in [0.15, 0.2) is 58.9 Å². The van der Waals surface area contributed by atoms with Gasteiger partial charge in [0, 0.05) is 46.2 Å². The molecule has 2 heterocycles. The van der Waals surface area contributed by atoms with E-state index in [-0.39, 0.29) is 23.5 Å². The molecule has 1 aromatic carbocycles. The minimum Gasteiger partial charge on any atom is -0.496 e. The molecule has 0 fully saturated rings. The molecule has 0 unspecified atom stereocenters. The van der Waals surface area contributed by atoms with E-state index in [0.717, 1.165) is 26.8 Å². The van der Waals surface area contributed by atoms with Crippen LogP contribution >= 0.6 is 11.3 Å². The summed E-state index contributed by atoms with van der Waals surface area (Å²) in [5.41, 5.74) is 1.65. The van der Waals surface area contributed by atoms with Gasteiger partial charge in [0.2, 0.25) is 0 Å². The summed E-state index contributed by atoms with van der Waals surface area (Å²) < 4.78 is 11.4. The molecular weight excluding hydrogens is 472 g/mol. The number of aliphatic hydroxyl groups excluding tert-OH is 1. The van der Waals surface area contributed by atoms with E-state index in [1.165, 1.54) is 0 Å². The molecule has 7 nitrogen and oxygen atoms in total. The van der Waals surface area contributed by atoms with Crippen molar-refractivity contribution in [1.82, 2.24) is 0 Å². The second-order valence-corrected chi connectivity index (χ2v) is 9.57. The van der Waals surface area contributed by atoms with Gasteiger partial charge < -0.3 is 19.5 Å². The molecule has 0 bridgehead atoms. The van der Waals surface area contributed by atoms with E-state index in [9.17, 15) is 15.8 Å². The highest BCUT2D eigenvalue weighted by Crippen LogP contribution is 2.40. The van der Waals surface area contributed by atoms with Gasteiger partial charge in [0.15, 0.2) is 11.3 Å². The summed E-state index contributed by atoms with van der Waals surface area (Å²) in [5, 5.41) is 37.2. The fraction of sp³-hybridized carbons (Fsp3) is 0.250. The standard InChI is InChI=1S/C28H26N4O3S/c1-28(2)25(24(18-31)27(35-28)20(16-29)17-30)12-11-23-10-9-22(36-23)8-6-19-5-7-21(15-26(19)34-4)32(3)13-14-33/h5-12,15,33H,13-14H2,1-4H3/b8-6+,12-11+. The number of rotatable bonds is 8. The predicted octanol–water partition coefficient (Wildman–Crippen LogP) is 5.30. The molecule has 1 aromatic heterocycles. The molecule has 3 rings (SSSR count). The fourth-order valence-electron chi connectivity index (χ4n) is 3.72. The minimum atomic E-state index is -0.843. The van der Waals surface area contributed by atoms with Crippen LogP contribution in [0.25, 0.3) is 18.2 Å². The molecule has 2 aromatic rings. The smallest absolute Gasteiger partial charge is 0.172 e. The second kappa shape index (κ2) is 11.4. The number of nitrogens with zero attached hydrogens (tertiary/aromatic N) is 4. The minimum absolute atomic E-state index is 0.0319. The molecule has 8 heteroatoms. The zero-order valence-electron chi connectivity index (χ0n) is 20.6. The van der Waals surface area contributed by atoms with Crippen LogP contribution in [0.2, 0.25) is 0 Å². The van der Waals surface area contributed by atoms with Crippen LogP contribution in [-0.2, 0) is 4.74 Å². The first kappa shape index (κ1) is 26.3. The van der Waals surface area contributed by atoms with E-state index in [0.29, 0.717) is 12.1 Å². The summed E-state index contributed by atoms with van der Waals surface area (Å²) in [5.74, 6) is 0.770. The summed E-state index contributed by atoms with van der Waals surface area (Å²) in [7, 11) is 3.55. The molecule has 0 radical (unpaired) electrons. The molecule has 0 saturated heterocycles. The van der Waals surface area contributed by atoms with Crippen LogP contribution < -0.4 is 9.64 Å². The van der Waals surface area contributed by atoms with Gasteiger partial charge in [-0.3, -0.25) is 0 Å². The molecule has 0 saturated carbocycles. The normalized spacial score (nSPS) is 14.4. The monoisotopic (exact) mass is 498 g/mol. The number of aliphatic hydroxyl groups is 1. The van der Waals surface area contributed by atoms with Crippen LogP contribution in [0.5, 0.6) is 5.75 Å². The van der Waals surface area contributed by atoms with Crippen LogP contribution in [0, 0.1) is 34.0 Å². The summed E-state index contributed by atoms with van der Waals surface area (Å²) in [6, 6.07) is 15.6. The van der Waals surface area contributed by atoms with Gasteiger partial charge in [0.25, 0.3) is 0 Å². The van der Waals surface area contributed by atoms with Crippen molar-refractivity contribution in [2.45, 2.75) is 19.4 Å². The fourth-order valence-corrected chi connectivity index (χ4v) is 4.54. The lowest BCUT2D eigenvalue weighted by atomic mass is 9.94. The Hall–Kier alpha value is -4.29. The Balaban J connectivity index is 1.84. The Bertz CT molecular complexity index is 1370. The first-order valence-electron chi connectivity index (χ1n) is 11.1. The number of likely N-dealkylation sites (N-methyl/N-ethyl adjacent to an activating group) is 1. The Morgan fingerprint density at radius 2 is 1.75 bits per heavy atom. The number of nitriles is 3. The van der Waals surface area contributed by atoms with Gasteiger partial charge in [0.1, 0.15) is 35.1 Å². The molecule has 0 spiro atoms. The summed E-state index contributed by atoms with van der Waals surface area (Å²) in [4.78, 5) is 3.96. The topological polar surface area (TPSA) is 113 Å². The molecular formula is C28H26N4O3S. The zero-order chi connectivity index (χ0) is 26.3. The summed E-state index contributed by atoms with van der Waals surface area (Å²) in [6.45, 7) is 4.21. The van der Waals surface area contributed by atoms with Crippen LogP contribution in [0.4, 0.5) is 5.69 Å². The Morgan fingerprint density at radius 1 is 1.08 bits per heavy atom. The van der Waals surface area contributed by atoms with Crippen molar-refractivity contribution in [3.63, 3.8) is 0 Å². The van der Waals surface area contributed by atoms with E-state index >= 15 is 0 Å². The van der Waals surface area contributed by atoms with Crippen LogP contribution in [0.1, 0.15) is 29.2 Å². The van der Waals surface area contributed by atoms with E-state index in [1.54, 1.807) is 44.4 Å². The van der Waals surface area contributed by atoms with Crippen LogP contribution in [0.3, 0.4) is 0 Å². The summed E-state index contributed by atoms with van der Waals surface area (Å²) in [6.07, 6.45) is 7.70. The van der Waals surface area contributed by atoms with Crippen molar-refractivity contribution in [3.8, 4) is 24.0 Å². The van der Waals surface area contributed by atoms with Gasteiger partial charge in [-0.2, -0.15) is 15.8 Å². The highest BCUT2D eigenvalue weighted by Gasteiger charge is 2.38. The second-order valence-electron chi connectivity index (χ2n) is 8.42.